The molecule has 0 bridgehead atoms. The summed E-state index contributed by atoms with van der Waals surface area (Å²) in [7, 11) is 1.96. The minimum atomic E-state index is -0.593. The number of carbonyl (C=O) groups is 2. The zero-order chi connectivity index (χ0) is 17.0. The highest BCUT2D eigenvalue weighted by molar-refractivity contribution is 5.77. The summed E-state index contributed by atoms with van der Waals surface area (Å²) in [6.07, 6.45) is 0.295. The number of amides is 3. The average Bonchev–Trinajstić information content (AvgIpc) is 2.74. The second-order valence-electron chi connectivity index (χ2n) is 5.97. The molecule has 1 fully saturated rings. The topological polar surface area (TPSA) is 96.5 Å². The molecule has 3 amide bonds. The van der Waals surface area contributed by atoms with Crippen LogP contribution in [0.3, 0.4) is 0 Å². The molecule has 0 atom stereocenters. The van der Waals surface area contributed by atoms with Crippen LogP contribution in [0, 0.1) is 13.8 Å². The maximum atomic E-state index is 12.1. The third kappa shape index (κ3) is 4.44. The Balaban J connectivity index is 1.79. The van der Waals surface area contributed by atoms with Crippen molar-refractivity contribution in [2.24, 2.45) is 12.8 Å². The second-order valence-corrected chi connectivity index (χ2v) is 5.97. The van der Waals surface area contributed by atoms with Gasteiger partial charge in [-0.1, -0.05) is 0 Å². The quantitative estimate of drug-likeness (QED) is 0.780. The molecule has 0 spiro atoms. The Labute approximate surface area is 136 Å². The van der Waals surface area contributed by atoms with Crippen LogP contribution in [-0.2, 0) is 18.4 Å². The van der Waals surface area contributed by atoms with E-state index in [4.69, 9.17) is 5.73 Å². The van der Waals surface area contributed by atoms with Gasteiger partial charge in [0.25, 0.3) is 0 Å². The molecule has 3 N–H and O–H groups in total. The van der Waals surface area contributed by atoms with Crippen LogP contribution < -0.4 is 11.1 Å². The zero-order valence-electron chi connectivity index (χ0n) is 14.1. The lowest BCUT2D eigenvalue weighted by Crippen LogP contribution is -2.49. The van der Waals surface area contributed by atoms with Gasteiger partial charge in [0, 0.05) is 64.0 Å². The van der Waals surface area contributed by atoms with E-state index in [-0.39, 0.29) is 5.91 Å². The van der Waals surface area contributed by atoms with Crippen molar-refractivity contribution in [2.75, 3.05) is 32.7 Å². The molecule has 2 heterocycles. The molecule has 1 aromatic rings. The average molecular weight is 322 g/mol. The van der Waals surface area contributed by atoms with Crippen LogP contribution in [0.1, 0.15) is 23.4 Å². The van der Waals surface area contributed by atoms with E-state index in [1.807, 2.05) is 23.6 Å². The van der Waals surface area contributed by atoms with Crippen LogP contribution in [0.15, 0.2) is 0 Å². The van der Waals surface area contributed by atoms with Crippen LogP contribution >= 0.6 is 0 Å². The molecule has 1 aliphatic rings. The fraction of sp³-hybridized carbons (Fsp3) is 0.667. The van der Waals surface area contributed by atoms with E-state index < -0.39 is 6.03 Å². The normalized spacial score (nSPS) is 15.7. The van der Waals surface area contributed by atoms with Gasteiger partial charge < -0.3 is 16.0 Å². The van der Waals surface area contributed by atoms with Crippen molar-refractivity contribution in [3.05, 3.63) is 17.0 Å². The number of carbonyl (C=O) groups excluding carboxylic acids is 2. The van der Waals surface area contributed by atoms with Crippen LogP contribution in [0.4, 0.5) is 4.79 Å². The highest BCUT2D eigenvalue weighted by Gasteiger charge is 2.22. The predicted molar refractivity (Wildman–Crippen MR) is 86.7 cm³/mol. The molecular formula is C15H26N6O2. The van der Waals surface area contributed by atoms with E-state index >= 15 is 0 Å². The number of hydrogen-bond acceptors (Lipinski definition) is 4. The van der Waals surface area contributed by atoms with Gasteiger partial charge in [0.15, 0.2) is 0 Å². The summed E-state index contributed by atoms with van der Waals surface area (Å²) in [6, 6.07) is -0.593. The van der Waals surface area contributed by atoms with E-state index in [1.165, 1.54) is 11.3 Å². The summed E-state index contributed by atoms with van der Waals surface area (Å²) in [5, 5.41) is 6.89. The van der Waals surface area contributed by atoms with E-state index in [2.05, 4.69) is 22.2 Å². The van der Waals surface area contributed by atoms with Crippen LogP contribution in [0.5, 0.6) is 0 Å². The van der Waals surface area contributed by atoms with Gasteiger partial charge in [-0.05, 0) is 13.8 Å². The third-order valence-electron chi connectivity index (χ3n) is 4.40. The van der Waals surface area contributed by atoms with E-state index in [0.717, 1.165) is 25.3 Å². The van der Waals surface area contributed by atoms with Gasteiger partial charge in [-0.25, -0.2) is 4.79 Å². The van der Waals surface area contributed by atoms with E-state index in [9.17, 15) is 9.59 Å². The van der Waals surface area contributed by atoms with Gasteiger partial charge in [0.05, 0.1) is 5.69 Å². The number of aromatic nitrogens is 2. The van der Waals surface area contributed by atoms with Gasteiger partial charge in [-0.15, -0.1) is 0 Å². The fourth-order valence-corrected chi connectivity index (χ4v) is 2.88. The first-order valence-electron chi connectivity index (χ1n) is 7.91. The predicted octanol–water partition coefficient (Wildman–Crippen LogP) is -0.260. The largest absolute Gasteiger partial charge is 0.352 e. The molecule has 0 unspecified atom stereocenters. The van der Waals surface area contributed by atoms with Gasteiger partial charge in [0.1, 0.15) is 0 Å². The smallest absolute Gasteiger partial charge is 0.312 e. The lowest BCUT2D eigenvalue weighted by atomic mass is 10.1. The maximum Gasteiger partial charge on any atom is 0.312 e. The third-order valence-corrected chi connectivity index (χ3v) is 4.40. The number of aryl methyl sites for hydroxylation is 2. The van der Waals surface area contributed by atoms with Crippen LogP contribution in [0.2, 0.25) is 0 Å². The van der Waals surface area contributed by atoms with Crippen molar-refractivity contribution in [2.45, 2.75) is 26.8 Å². The lowest BCUT2D eigenvalue weighted by molar-refractivity contribution is -0.132. The van der Waals surface area contributed by atoms with Gasteiger partial charge in [-0.2, -0.15) is 5.10 Å². The van der Waals surface area contributed by atoms with Crippen molar-refractivity contribution in [3.63, 3.8) is 0 Å². The molecule has 0 aromatic carbocycles. The highest BCUT2D eigenvalue weighted by Crippen LogP contribution is 2.16. The standard InChI is InChI=1S/C15H26N6O2/c1-11-13(12(2)19(3)18-11)10-20-6-8-21(9-7-20)14(22)4-5-17-15(16)23/h4-10H2,1-3H3,(H3,16,17,23). The molecule has 1 saturated heterocycles. The molecule has 2 rings (SSSR count). The molecule has 23 heavy (non-hydrogen) atoms. The van der Waals surface area contributed by atoms with E-state index in [0.29, 0.717) is 26.1 Å². The number of nitrogens with two attached hydrogens (primary N) is 1. The Morgan fingerprint density at radius 2 is 1.87 bits per heavy atom. The highest BCUT2D eigenvalue weighted by atomic mass is 16.2. The second kappa shape index (κ2) is 7.45. The first-order valence-corrected chi connectivity index (χ1v) is 7.91. The number of primary amides is 1. The minimum absolute atomic E-state index is 0.0622. The molecule has 128 valence electrons. The summed E-state index contributed by atoms with van der Waals surface area (Å²) >= 11 is 0. The summed E-state index contributed by atoms with van der Waals surface area (Å²) in [6.45, 7) is 8.42. The molecule has 1 aromatic heterocycles. The van der Waals surface area contributed by atoms with Crippen LogP contribution in [-0.4, -0.2) is 64.2 Å². The minimum Gasteiger partial charge on any atom is -0.352 e. The molecule has 0 aliphatic carbocycles. The number of urea groups is 1. The monoisotopic (exact) mass is 322 g/mol. The van der Waals surface area contributed by atoms with Crippen molar-refractivity contribution in [1.29, 1.82) is 0 Å². The van der Waals surface area contributed by atoms with E-state index in [1.54, 1.807) is 0 Å². The SMILES string of the molecule is Cc1nn(C)c(C)c1CN1CCN(C(=O)CCNC(N)=O)CC1. The first kappa shape index (κ1) is 17.3. The molecular weight excluding hydrogens is 296 g/mol. The molecule has 8 heteroatoms. The number of hydrogen-bond donors (Lipinski definition) is 2. The zero-order valence-corrected chi connectivity index (χ0v) is 14.1. The van der Waals surface area contributed by atoms with Crippen molar-refractivity contribution >= 4 is 11.9 Å². The summed E-state index contributed by atoms with van der Waals surface area (Å²) in [4.78, 5) is 26.9. The molecule has 1 aliphatic heterocycles. The molecule has 8 nitrogen and oxygen atoms in total. The van der Waals surface area contributed by atoms with Gasteiger partial charge in [0.2, 0.25) is 5.91 Å². The van der Waals surface area contributed by atoms with Gasteiger partial charge >= 0.3 is 6.03 Å². The van der Waals surface area contributed by atoms with Crippen molar-refractivity contribution in [1.82, 2.24) is 24.9 Å². The number of rotatable bonds is 5. The first-order chi connectivity index (χ1) is 10.9. The molecule has 0 radical (unpaired) electrons. The van der Waals surface area contributed by atoms with Gasteiger partial charge in [-0.3, -0.25) is 14.4 Å². The van der Waals surface area contributed by atoms with Crippen molar-refractivity contribution < 1.29 is 9.59 Å². The Morgan fingerprint density at radius 1 is 1.22 bits per heavy atom. The molecule has 0 saturated carbocycles. The maximum absolute atomic E-state index is 12.1. The van der Waals surface area contributed by atoms with Crippen molar-refractivity contribution in [3.8, 4) is 0 Å². The number of nitrogens with one attached hydrogen (secondary N) is 1. The Bertz CT molecular complexity index is 575. The van der Waals surface area contributed by atoms with Crippen LogP contribution in [0.25, 0.3) is 0 Å². The number of nitrogens with zero attached hydrogens (tertiary/aromatic N) is 4. The lowest BCUT2D eigenvalue weighted by Gasteiger charge is -2.34. The fourth-order valence-electron chi connectivity index (χ4n) is 2.88. The number of piperazine rings is 1. The summed E-state index contributed by atoms with van der Waals surface area (Å²) in [5.41, 5.74) is 8.53. The Hall–Kier alpha value is -2.09. The Kier molecular flexibility index (Phi) is 5.59. The summed E-state index contributed by atoms with van der Waals surface area (Å²) < 4.78 is 1.91. The summed E-state index contributed by atoms with van der Waals surface area (Å²) in [5.74, 6) is 0.0622. The Morgan fingerprint density at radius 3 is 2.39 bits per heavy atom.